The molecule has 5 heteroatoms. The Morgan fingerprint density at radius 1 is 1.42 bits per heavy atom. The van der Waals surface area contributed by atoms with Crippen LogP contribution in [0.2, 0.25) is 0 Å². The average Bonchev–Trinajstić information content (AvgIpc) is 2.92. The van der Waals surface area contributed by atoms with Gasteiger partial charge in [0.05, 0.1) is 24.3 Å². The van der Waals surface area contributed by atoms with Crippen LogP contribution in [0.5, 0.6) is 0 Å². The summed E-state index contributed by atoms with van der Waals surface area (Å²) in [6.45, 7) is 0.494. The topological polar surface area (TPSA) is 47.9 Å². The number of ether oxygens (including phenoxy) is 2. The maximum Gasteiger partial charge on any atom is 0.151 e. The Labute approximate surface area is 116 Å². The molecule has 2 heterocycles. The Balaban J connectivity index is 1.62. The molecule has 3 rings (SSSR count). The van der Waals surface area contributed by atoms with Crippen LogP contribution in [-0.2, 0) is 20.9 Å². The summed E-state index contributed by atoms with van der Waals surface area (Å²) in [6, 6.07) is 10.0. The lowest BCUT2D eigenvalue weighted by atomic mass is 10.0. The van der Waals surface area contributed by atoms with Crippen molar-refractivity contribution in [1.29, 1.82) is 0 Å². The van der Waals surface area contributed by atoms with Gasteiger partial charge in [-0.3, -0.25) is 4.99 Å². The zero-order valence-electron chi connectivity index (χ0n) is 10.3. The second-order valence-corrected chi connectivity index (χ2v) is 5.58. The lowest BCUT2D eigenvalue weighted by Gasteiger charge is -2.34. The number of hydrogen-bond acceptors (Lipinski definition) is 5. The fourth-order valence-corrected chi connectivity index (χ4v) is 3.21. The molecule has 0 aliphatic carbocycles. The molecule has 4 nitrogen and oxygen atoms in total. The van der Waals surface area contributed by atoms with E-state index >= 15 is 0 Å². The summed E-state index contributed by atoms with van der Waals surface area (Å²) in [5.74, 6) is 0. The van der Waals surface area contributed by atoms with Crippen LogP contribution in [0.15, 0.2) is 35.3 Å². The zero-order chi connectivity index (χ0) is 13.1. The number of carbonyl (C=O) groups is 1. The highest BCUT2D eigenvalue weighted by molar-refractivity contribution is 8.12. The van der Waals surface area contributed by atoms with Crippen LogP contribution in [0, 0.1) is 0 Å². The zero-order valence-corrected chi connectivity index (χ0v) is 11.2. The Kier molecular flexibility index (Phi) is 3.96. The molecular weight excluding hydrogens is 262 g/mol. The fraction of sp³-hybridized carbons (Fsp3) is 0.429. The largest absolute Gasteiger partial charge is 0.370 e. The molecule has 0 amide bonds. The van der Waals surface area contributed by atoms with Crippen molar-refractivity contribution in [2.75, 3.05) is 0 Å². The van der Waals surface area contributed by atoms with E-state index in [-0.39, 0.29) is 17.6 Å². The van der Waals surface area contributed by atoms with Crippen molar-refractivity contribution >= 4 is 23.6 Å². The Morgan fingerprint density at radius 2 is 2.26 bits per heavy atom. The van der Waals surface area contributed by atoms with E-state index in [9.17, 15) is 4.79 Å². The van der Waals surface area contributed by atoms with Crippen LogP contribution in [-0.4, -0.2) is 35.5 Å². The van der Waals surface area contributed by atoms with Gasteiger partial charge in [0, 0.05) is 6.42 Å². The number of rotatable bonds is 4. The molecule has 0 radical (unpaired) electrons. The van der Waals surface area contributed by atoms with E-state index in [2.05, 4.69) is 4.99 Å². The summed E-state index contributed by atoms with van der Waals surface area (Å²) in [5.41, 5.74) is 2.88. The van der Waals surface area contributed by atoms with Crippen LogP contribution in [0.3, 0.4) is 0 Å². The van der Waals surface area contributed by atoms with Crippen molar-refractivity contribution in [1.82, 2.24) is 0 Å². The molecule has 0 aromatic heterocycles. The molecule has 0 saturated carbocycles. The van der Waals surface area contributed by atoms with Gasteiger partial charge in [0.15, 0.2) is 6.29 Å². The van der Waals surface area contributed by atoms with E-state index in [0.29, 0.717) is 6.61 Å². The summed E-state index contributed by atoms with van der Waals surface area (Å²) in [4.78, 5) is 15.5. The minimum atomic E-state index is -0.487. The van der Waals surface area contributed by atoms with Crippen molar-refractivity contribution in [2.24, 2.45) is 4.99 Å². The number of fused-ring (bicyclic) bond motifs is 1. The first-order valence-corrected chi connectivity index (χ1v) is 7.24. The number of aliphatic imine (C=N–C) groups is 1. The summed E-state index contributed by atoms with van der Waals surface area (Å²) in [7, 11) is 0. The van der Waals surface area contributed by atoms with Gasteiger partial charge in [0.25, 0.3) is 0 Å². The van der Waals surface area contributed by atoms with E-state index in [4.69, 9.17) is 9.47 Å². The van der Waals surface area contributed by atoms with Gasteiger partial charge in [-0.05, 0) is 5.56 Å². The van der Waals surface area contributed by atoms with Gasteiger partial charge >= 0.3 is 0 Å². The van der Waals surface area contributed by atoms with Gasteiger partial charge in [0.1, 0.15) is 11.5 Å². The highest BCUT2D eigenvalue weighted by atomic mass is 32.2. The standard InChI is InChI=1S/C14H15NO3S/c16-7-13-12(6-11-14(18-13)19-9-15-11)17-8-10-4-2-1-3-5-10/h1-5,7,9,11-14H,6,8H2/t11-,12+,13-,14-/m1/s1. The summed E-state index contributed by atoms with van der Waals surface area (Å²) in [6.07, 6.45) is 0.879. The summed E-state index contributed by atoms with van der Waals surface area (Å²) >= 11 is 1.53. The molecule has 0 spiro atoms. The molecule has 2 aliphatic rings. The molecule has 1 aromatic carbocycles. The molecule has 1 saturated heterocycles. The predicted molar refractivity (Wildman–Crippen MR) is 74.2 cm³/mol. The molecule has 19 heavy (non-hydrogen) atoms. The van der Waals surface area contributed by atoms with Crippen LogP contribution >= 0.6 is 11.8 Å². The highest BCUT2D eigenvalue weighted by Gasteiger charge is 2.40. The van der Waals surface area contributed by atoms with E-state index in [1.807, 2.05) is 30.3 Å². The Bertz CT molecular complexity index is 465. The van der Waals surface area contributed by atoms with Gasteiger partial charge in [-0.15, -0.1) is 0 Å². The lowest BCUT2D eigenvalue weighted by molar-refractivity contribution is -0.146. The van der Waals surface area contributed by atoms with Crippen molar-refractivity contribution < 1.29 is 14.3 Å². The fourth-order valence-electron chi connectivity index (χ4n) is 2.30. The lowest BCUT2D eigenvalue weighted by Crippen LogP contribution is -2.45. The van der Waals surface area contributed by atoms with Gasteiger partial charge in [0.2, 0.25) is 0 Å². The van der Waals surface area contributed by atoms with Crippen molar-refractivity contribution in [3.05, 3.63) is 35.9 Å². The SMILES string of the molecule is O=C[C@H]1O[C@@H]2SC=N[C@@H]2C[C@@H]1OCc1ccccc1. The van der Waals surface area contributed by atoms with E-state index in [1.165, 1.54) is 11.8 Å². The van der Waals surface area contributed by atoms with Gasteiger partial charge in [-0.2, -0.15) is 0 Å². The molecule has 0 N–H and O–H groups in total. The molecule has 0 bridgehead atoms. The van der Waals surface area contributed by atoms with E-state index in [1.54, 1.807) is 5.55 Å². The second-order valence-electron chi connectivity index (χ2n) is 4.63. The van der Waals surface area contributed by atoms with Crippen LogP contribution in [0.4, 0.5) is 0 Å². The smallest absolute Gasteiger partial charge is 0.151 e. The third-order valence-electron chi connectivity index (χ3n) is 3.33. The number of carbonyl (C=O) groups excluding carboxylic acids is 1. The molecule has 1 fully saturated rings. The third kappa shape index (κ3) is 2.88. The third-order valence-corrected chi connectivity index (χ3v) is 4.27. The minimum Gasteiger partial charge on any atom is -0.370 e. The van der Waals surface area contributed by atoms with E-state index in [0.717, 1.165) is 18.3 Å². The average molecular weight is 277 g/mol. The summed E-state index contributed by atoms with van der Waals surface area (Å²) < 4.78 is 11.5. The minimum absolute atomic E-state index is 0.0215. The molecular formula is C14H15NO3S. The van der Waals surface area contributed by atoms with Crippen LogP contribution < -0.4 is 0 Å². The molecule has 4 atom stereocenters. The number of benzene rings is 1. The number of nitrogens with zero attached hydrogens (tertiary/aromatic N) is 1. The first-order chi connectivity index (χ1) is 9.36. The van der Waals surface area contributed by atoms with Crippen molar-refractivity contribution in [3.63, 3.8) is 0 Å². The number of hydrogen-bond donors (Lipinski definition) is 0. The molecule has 1 aromatic rings. The normalized spacial score (nSPS) is 33.1. The van der Waals surface area contributed by atoms with Gasteiger partial charge in [-0.25, -0.2) is 0 Å². The van der Waals surface area contributed by atoms with Crippen molar-refractivity contribution in [3.8, 4) is 0 Å². The Morgan fingerprint density at radius 3 is 3.05 bits per heavy atom. The summed E-state index contributed by atoms with van der Waals surface area (Å²) in [5, 5.41) is 0. The Hall–Kier alpha value is -1.17. The van der Waals surface area contributed by atoms with Gasteiger partial charge in [-0.1, -0.05) is 42.1 Å². The number of thioether (sulfide) groups is 1. The molecule has 100 valence electrons. The first-order valence-electron chi connectivity index (χ1n) is 6.30. The predicted octanol–water partition coefficient (Wildman–Crippen LogP) is 2.03. The molecule has 0 unspecified atom stereocenters. The van der Waals surface area contributed by atoms with Crippen LogP contribution in [0.25, 0.3) is 0 Å². The van der Waals surface area contributed by atoms with Crippen LogP contribution in [0.1, 0.15) is 12.0 Å². The second kappa shape index (κ2) is 5.86. The quantitative estimate of drug-likeness (QED) is 0.790. The maximum absolute atomic E-state index is 11.1. The molecule has 2 aliphatic heterocycles. The first kappa shape index (κ1) is 12.8. The monoisotopic (exact) mass is 277 g/mol. The highest BCUT2D eigenvalue weighted by Crippen LogP contribution is 2.34. The van der Waals surface area contributed by atoms with E-state index < -0.39 is 6.10 Å². The maximum atomic E-state index is 11.1. The van der Waals surface area contributed by atoms with Crippen molar-refractivity contribution in [2.45, 2.75) is 36.7 Å². The van der Waals surface area contributed by atoms with Gasteiger partial charge < -0.3 is 14.3 Å². The number of aldehydes is 1.